The van der Waals surface area contributed by atoms with E-state index in [4.69, 9.17) is 22.7 Å². The molecule has 0 fully saturated rings. The van der Waals surface area contributed by atoms with Crippen LogP contribution in [-0.2, 0) is 4.79 Å². The van der Waals surface area contributed by atoms with Crippen LogP contribution >= 0.6 is 12.2 Å². The maximum atomic E-state index is 12.6. The molecule has 20 heavy (non-hydrogen) atoms. The Bertz CT molecular complexity index is 518. The molecule has 2 atom stereocenters. The van der Waals surface area contributed by atoms with Crippen LogP contribution in [0.15, 0.2) is 24.3 Å². The number of benzene rings is 1. The third kappa shape index (κ3) is 3.10. The van der Waals surface area contributed by atoms with Gasteiger partial charge in [0.2, 0.25) is 5.91 Å². The van der Waals surface area contributed by atoms with Crippen molar-refractivity contribution < 1.29 is 9.53 Å². The molecule has 0 radical (unpaired) electrons. The van der Waals surface area contributed by atoms with Crippen LogP contribution in [0.2, 0.25) is 0 Å². The van der Waals surface area contributed by atoms with Gasteiger partial charge in [-0.2, -0.15) is 0 Å². The Hall–Kier alpha value is -1.62. The summed E-state index contributed by atoms with van der Waals surface area (Å²) in [6.07, 6.45) is 0.710. The average molecular weight is 292 g/mol. The number of carbonyl (C=O) groups is 1. The molecule has 0 saturated carbocycles. The van der Waals surface area contributed by atoms with Gasteiger partial charge < -0.3 is 15.4 Å². The van der Waals surface area contributed by atoms with Crippen LogP contribution < -0.4 is 10.5 Å². The molecule has 0 saturated heterocycles. The second-order valence-electron chi connectivity index (χ2n) is 5.25. The number of thiocarbonyl (C=S) groups is 1. The standard InChI is InChI=1S/C15H20N2O2S/c1-10(14(16)20)9-17(2)15(18)12-7-8-19-13-6-4-3-5-11(12)13/h3-6,10,12H,7-9H2,1-2H3,(H2,16,20). The van der Waals surface area contributed by atoms with Crippen LogP contribution in [0.25, 0.3) is 0 Å². The van der Waals surface area contributed by atoms with Gasteiger partial charge in [0, 0.05) is 25.1 Å². The maximum Gasteiger partial charge on any atom is 0.230 e. The molecule has 2 unspecified atom stereocenters. The van der Waals surface area contributed by atoms with Crippen molar-refractivity contribution in [2.75, 3.05) is 20.2 Å². The van der Waals surface area contributed by atoms with Crippen molar-refractivity contribution in [3.63, 3.8) is 0 Å². The Labute approximate surface area is 124 Å². The minimum absolute atomic E-state index is 0.0223. The lowest BCUT2D eigenvalue weighted by molar-refractivity contribution is -0.132. The Morgan fingerprint density at radius 1 is 1.55 bits per heavy atom. The summed E-state index contributed by atoms with van der Waals surface area (Å²) >= 11 is 4.96. The number of amides is 1. The van der Waals surface area contributed by atoms with Gasteiger partial charge in [-0.1, -0.05) is 37.3 Å². The van der Waals surface area contributed by atoms with E-state index in [0.29, 0.717) is 24.6 Å². The molecule has 0 bridgehead atoms. The average Bonchev–Trinajstić information content (AvgIpc) is 2.45. The molecule has 1 aliphatic rings. The van der Waals surface area contributed by atoms with Gasteiger partial charge in [0.25, 0.3) is 0 Å². The molecule has 0 aromatic heterocycles. The van der Waals surface area contributed by atoms with E-state index in [1.54, 1.807) is 11.9 Å². The molecule has 2 N–H and O–H groups in total. The van der Waals surface area contributed by atoms with Crippen LogP contribution in [0, 0.1) is 5.92 Å². The van der Waals surface area contributed by atoms with E-state index in [1.165, 1.54) is 0 Å². The van der Waals surface area contributed by atoms with Gasteiger partial charge in [0.05, 0.1) is 17.5 Å². The molecular formula is C15H20N2O2S. The van der Waals surface area contributed by atoms with Crippen LogP contribution in [-0.4, -0.2) is 36.0 Å². The second-order valence-corrected chi connectivity index (χ2v) is 5.72. The minimum Gasteiger partial charge on any atom is -0.493 e. The van der Waals surface area contributed by atoms with Crippen LogP contribution in [0.5, 0.6) is 5.75 Å². The van der Waals surface area contributed by atoms with Crippen molar-refractivity contribution in [1.82, 2.24) is 4.90 Å². The van der Waals surface area contributed by atoms with Crippen molar-refractivity contribution in [2.45, 2.75) is 19.3 Å². The molecule has 5 heteroatoms. The number of carbonyl (C=O) groups excluding carboxylic acids is 1. The summed E-state index contributed by atoms with van der Waals surface area (Å²) in [5.41, 5.74) is 6.58. The molecule has 1 aromatic rings. The third-order valence-electron chi connectivity index (χ3n) is 3.67. The van der Waals surface area contributed by atoms with Crippen molar-refractivity contribution >= 4 is 23.1 Å². The number of ether oxygens (including phenoxy) is 1. The maximum absolute atomic E-state index is 12.6. The number of nitrogens with zero attached hydrogens (tertiary/aromatic N) is 1. The molecule has 0 aliphatic carbocycles. The lowest BCUT2D eigenvalue weighted by atomic mass is 9.91. The highest BCUT2D eigenvalue weighted by Crippen LogP contribution is 2.34. The molecule has 2 rings (SSSR count). The third-order valence-corrected chi connectivity index (χ3v) is 4.07. The van der Waals surface area contributed by atoms with Gasteiger partial charge in [0.15, 0.2) is 0 Å². The van der Waals surface area contributed by atoms with E-state index in [-0.39, 0.29) is 17.7 Å². The zero-order chi connectivity index (χ0) is 14.7. The van der Waals surface area contributed by atoms with E-state index in [1.807, 2.05) is 31.2 Å². The summed E-state index contributed by atoms with van der Waals surface area (Å²) in [5, 5.41) is 0. The van der Waals surface area contributed by atoms with E-state index in [0.717, 1.165) is 11.3 Å². The van der Waals surface area contributed by atoms with Gasteiger partial charge in [-0.3, -0.25) is 4.79 Å². The van der Waals surface area contributed by atoms with Gasteiger partial charge in [0.1, 0.15) is 5.75 Å². The number of para-hydroxylation sites is 1. The van der Waals surface area contributed by atoms with Crippen molar-refractivity contribution in [1.29, 1.82) is 0 Å². The van der Waals surface area contributed by atoms with Crippen molar-refractivity contribution in [2.24, 2.45) is 11.7 Å². The topological polar surface area (TPSA) is 55.6 Å². The van der Waals surface area contributed by atoms with Crippen molar-refractivity contribution in [3.05, 3.63) is 29.8 Å². The fourth-order valence-corrected chi connectivity index (χ4v) is 2.53. The lowest BCUT2D eigenvalue weighted by Gasteiger charge is -2.29. The number of likely N-dealkylation sites (N-methyl/N-ethyl adjacent to an activating group) is 1. The summed E-state index contributed by atoms with van der Waals surface area (Å²) < 4.78 is 5.59. The fraction of sp³-hybridized carbons (Fsp3) is 0.467. The van der Waals surface area contributed by atoms with Crippen LogP contribution in [0.1, 0.15) is 24.8 Å². The number of nitrogens with two attached hydrogens (primary N) is 1. The molecule has 1 aliphatic heterocycles. The highest BCUT2D eigenvalue weighted by atomic mass is 32.1. The molecule has 4 nitrogen and oxygen atoms in total. The highest BCUT2D eigenvalue weighted by Gasteiger charge is 2.30. The predicted molar refractivity (Wildman–Crippen MR) is 82.9 cm³/mol. The van der Waals surface area contributed by atoms with Gasteiger partial charge in [-0.05, 0) is 12.5 Å². The Morgan fingerprint density at radius 3 is 2.95 bits per heavy atom. The Kier molecular flexibility index (Phi) is 4.60. The molecule has 0 spiro atoms. The molecule has 1 amide bonds. The summed E-state index contributed by atoms with van der Waals surface area (Å²) in [6.45, 7) is 3.06. The SMILES string of the molecule is CC(CN(C)C(=O)C1CCOc2ccccc21)C(N)=S. The number of hydrogen-bond acceptors (Lipinski definition) is 3. The Morgan fingerprint density at radius 2 is 2.25 bits per heavy atom. The smallest absolute Gasteiger partial charge is 0.230 e. The van der Waals surface area contributed by atoms with Crippen molar-refractivity contribution in [3.8, 4) is 5.75 Å². The number of hydrogen-bond donors (Lipinski definition) is 1. The Balaban J connectivity index is 2.12. The molecule has 108 valence electrons. The fourth-order valence-electron chi connectivity index (χ4n) is 2.46. The molecule has 1 aromatic carbocycles. The van der Waals surface area contributed by atoms with Crippen LogP contribution in [0.3, 0.4) is 0 Å². The first kappa shape index (κ1) is 14.8. The first-order chi connectivity index (χ1) is 9.50. The van der Waals surface area contributed by atoms with Crippen LogP contribution in [0.4, 0.5) is 0 Å². The monoisotopic (exact) mass is 292 g/mol. The zero-order valence-electron chi connectivity index (χ0n) is 11.8. The van der Waals surface area contributed by atoms with E-state index >= 15 is 0 Å². The van der Waals surface area contributed by atoms with Gasteiger partial charge in [-0.25, -0.2) is 0 Å². The summed E-state index contributed by atoms with van der Waals surface area (Å²) in [4.78, 5) is 14.8. The molecule has 1 heterocycles. The zero-order valence-corrected chi connectivity index (χ0v) is 12.7. The second kappa shape index (κ2) is 6.22. The summed E-state index contributed by atoms with van der Waals surface area (Å²) in [6, 6.07) is 7.73. The summed E-state index contributed by atoms with van der Waals surface area (Å²) in [7, 11) is 1.80. The first-order valence-electron chi connectivity index (χ1n) is 6.76. The highest BCUT2D eigenvalue weighted by molar-refractivity contribution is 7.80. The predicted octanol–water partition coefficient (Wildman–Crippen LogP) is 1.93. The largest absolute Gasteiger partial charge is 0.493 e. The van der Waals surface area contributed by atoms with Gasteiger partial charge in [-0.15, -0.1) is 0 Å². The number of fused-ring (bicyclic) bond motifs is 1. The minimum atomic E-state index is -0.136. The molecular weight excluding hydrogens is 272 g/mol. The summed E-state index contributed by atoms with van der Waals surface area (Å²) in [5.74, 6) is 0.800. The lowest BCUT2D eigenvalue weighted by Crippen LogP contribution is -2.39. The van der Waals surface area contributed by atoms with E-state index in [2.05, 4.69) is 0 Å². The first-order valence-corrected chi connectivity index (χ1v) is 7.17. The normalized spacial score (nSPS) is 18.6. The van der Waals surface area contributed by atoms with E-state index in [9.17, 15) is 4.79 Å². The number of rotatable bonds is 4. The quantitative estimate of drug-likeness (QED) is 0.862. The van der Waals surface area contributed by atoms with E-state index < -0.39 is 0 Å². The van der Waals surface area contributed by atoms with Gasteiger partial charge >= 0.3 is 0 Å².